The van der Waals surface area contributed by atoms with Crippen LogP contribution < -0.4 is 15.2 Å². The fourth-order valence-electron chi connectivity index (χ4n) is 1.40. The fraction of sp³-hybridized carbons (Fsp3) is 0.200. The van der Waals surface area contributed by atoms with Crippen LogP contribution in [-0.2, 0) is 10.0 Å². The topological polar surface area (TPSA) is 81.4 Å². The number of hydrogen-bond donors (Lipinski definition) is 2. The zero-order valence-electron chi connectivity index (χ0n) is 8.51. The second-order valence-electron chi connectivity index (χ2n) is 3.37. The molecule has 0 bridgehead atoms. The molecule has 0 unspecified atom stereocenters. The third-order valence-electron chi connectivity index (χ3n) is 2.09. The quantitative estimate of drug-likeness (QED) is 0.799. The first-order valence-corrected chi connectivity index (χ1v) is 6.40. The van der Waals surface area contributed by atoms with Gasteiger partial charge < -0.3 is 10.5 Å². The minimum atomic E-state index is -3.35. The van der Waals surface area contributed by atoms with E-state index in [1.165, 1.54) is 0 Å². The van der Waals surface area contributed by atoms with Crippen LogP contribution in [0.1, 0.15) is 5.56 Å². The molecule has 3 N–H and O–H groups in total. The SMILES string of the molecule is NC/C=C/c1ccc2c(c1)NS(=O)(=O)CO2. The number of sulfonamides is 1. The maximum atomic E-state index is 11.3. The number of rotatable bonds is 2. The molecule has 0 radical (unpaired) electrons. The third kappa shape index (κ3) is 2.34. The molecule has 6 heteroatoms. The number of ether oxygens (including phenoxy) is 1. The predicted molar refractivity (Wildman–Crippen MR) is 62.6 cm³/mol. The minimum Gasteiger partial charge on any atom is -0.474 e. The maximum Gasteiger partial charge on any atom is 0.268 e. The first-order valence-electron chi connectivity index (χ1n) is 4.75. The predicted octanol–water partition coefficient (Wildman–Crippen LogP) is 0.750. The second-order valence-corrected chi connectivity index (χ2v) is 5.04. The average molecular weight is 240 g/mol. The smallest absolute Gasteiger partial charge is 0.268 e. The lowest BCUT2D eigenvalue weighted by Crippen LogP contribution is -2.25. The van der Waals surface area contributed by atoms with Crippen LogP contribution in [0.25, 0.3) is 6.08 Å². The molecule has 16 heavy (non-hydrogen) atoms. The Labute approximate surface area is 94.0 Å². The maximum absolute atomic E-state index is 11.3. The van der Waals surface area contributed by atoms with Crippen molar-refractivity contribution in [2.45, 2.75) is 0 Å². The Bertz CT molecular complexity index is 523. The van der Waals surface area contributed by atoms with Gasteiger partial charge in [0.15, 0.2) is 0 Å². The van der Waals surface area contributed by atoms with Gasteiger partial charge in [0.1, 0.15) is 5.75 Å². The van der Waals surface area contributed by atoms with E-state index in [-0.39, 0.29) is 5.94 Å². The first kappa shape index (κ1) is 11.0. The van der Waals surface area contributed by atoms with E-state index in [2.05, 4.69) is 4.72 Å². The summed E-state index contributed by atoms with van der Waals surface area (Å²) in [6, 6.07) is 5.27. The van der Waals surface area contributed by atoms with Gasteiger partial charge in [-0.2, -0.15) is 0 Å². The van der Waals surface area contributed by atoms with E-state index in [1.807, 2.05) is 12.1 Å². The van der Waals surface area contributed by atoms with Gasteiger partial charge in [-0.1, -0.05) is 18.2 Å². The molecule has 0 aromatic heterocycles. The lowest BCUT2D eigenvalue weighted by Gasteiger charge is -2.19. The standard InChI is InChI=1S/C10H12N2O3S/c11-5-1-2-8-3-4-10-9(6-8)12-16(13,14)7-15-10/h1-4,6,12H,5,7,11H2/b2-1+. The van der Waals surface area contributed by atoms with Gasteiger partial charge in [-0.05, 0) is 17.7 Å². The van der Waals surface area contributed by atoms with Crippen molar-refractivity contribution in [1.82, 2.24) is 0 Å². The highest BCUT2D eigenvalue weighted by atomic mass is 32.2. The van der Waals surface area contributed by atoms with E-state index in [9.17, 15) is 8.42 Å². The Kier molecular flexibility index (Phi) is 2.84. The lowest BCUT2D eigenvalue weighted by molar-refractivity contribution is 0.374. The van der Waals surface area contributed by atoms with Crippen LogP contribution in [0.4, 0.5) is 5.69 Å². The molecule has 0 spiro atoms. The van der Waals surface area contributed by atoms with E-state index in [0.717, 1.165) is 5.56 Å². The van der Waals surface area contributed by atoms with Crippen molar-refractivity contribution < 1.29 is 13.2 Å². The molecule has 0 atom stereocenters. The highest BCUT2D eigenvalue weighted by molar-refractivity contribution is 7.92. The van der Waals surface area contributed by atoms with Crippen LogP contribution in [0.5, 0.6) is 5.75 Å². The van der Waals surface area contributed by atoms with Gasteiger partial charge in [-0.15, -0.1) is 0 Å². The van der Waals surface area contributed by atoms with E-state index in [0.29, 0.717) is 18.0 Å². The van der Waals surface area contributed by atoms with Crippen LogP contribution in [0.15, 0.2) is 24.3 Å². The van der Waals surface area contributed by atoms with E-state index >= 15 is 0 Å². The van der Waals surface area contributed by atoms with Crippen molar-refractivity contribution >= 4 is 21.8 Å². The Hall–Kier alpha value is -1.53. The first-order chi connectivity index (χ1) is 7.61. The van der Waals surface area contributed by atoms with Crippen molar-refractivity contribution in [3.8, 4) is 5.75 Å². The molecule has 0 saturated heterocycles. The summed E-state index contributed by atoms with van der Waals surface area (Å²) >= 11 is 0. The number of benzene rings is 1. The van der Waals surface area contributed by atoms with E-state index in [1.54, 1.807) is 18.2 Å². The molecular formula is C10H12N2O3S. The molecule has 5 nitrogen and oxygen atoms in total. The lowest BCUT2D eigenvalue weighted by atomic mass is 10.2. The van der Waals surface area contributed by atoms with E-state index in [4.69, 9.17) is 10.5 Å². The Morgan fingerprint density at radius 3 is 3.06 bits per heavy atom. The summed E-state index contributed by atoms with van der Waals surface area (Å²) in [7, 11) is -3.35. The molecule has 2 rings (SSSR count). The summed E-state index contributed by atoms with van der Waals surface area (Å²) < 4.78 is 30.1. The Morgan fingerprint density at radius 1 is 1.50 bits per heavy atom. The Morgan fingerprint density at radius 2 is 2.31 bits per heavy atom. The number of nitrogens with two attached hydrogens (primary N) is 1. The minimum absolute atomic E-state index is 0.335. The van der Waals surface area contributed by atoms with Crippen molar-refractivity contribution in [2.24, 2.45) is 5.73 Å². The van der Waals surface area contributed by atoms with Crippen molar-refractivity contribution in [3.05, 3.63) is 29.8 Å². The number of anilines is 1. The van der Waals surface area contributed by atoms with Gasteiger partial charge in [0, 0.05) is 6.54 Å². The van der Waals surface area contributed by atoms with Crippen LogP contribution in [0, 0.1) is 0 Å². The molecule has 1 aromatic carbocycles. The highest BCUT2D eigenvalue weighted by Crippen LogP contribution is 2.30. The molecular weight excluding hydrogens is 228 g/mol. The van der Waals surface area contributed by atoms with Gasteiger partial charge in [0.2, 0.25) is 5.94 Å². The summed E-state index contributed by atoms with van der Waals surface area (Å²) in [6.45, 7) is 0.444. The van der Waals surface area contributed by atoms with Crippen molar-refractivity contribution in [1.29, 1.82) is 0 Å². The van der Waals surface area contributed by atoms with Crippen LogP contribution in [-0.4, -0.2) is 20.9 Å². The summed E-state index contributed by atoms with van der Waals surface area (Å²) in [5.74, 6) is 0.206. The Balaban J connectivity index is 2.34. The fourth-order valence-corrected chi connectivity index (χ4v) is 2.23. The van der Waals surface area contributed by atoms with Crippen molar-refractivity contribution in [2.75, 3.05) is 17.2 Å². The van der Waals surface area contributed by atoms with Crippen LogP contribution >= 0.6 is 0 Å². The molecule has 1 aromatic rings. The van der Waals surface area contributed by atoms with Gasteiger partial charge >= 0.3 is 0 Å². The summed E-state index contributed by atoms with van der Waals surface area (Å²) in [6.07, 6.45) is 3.61. The third-order valence-corrected chi connectivity index (χ3v) is 3.04. The van der Waals surface area contributed by atoms with E-state index < -0.39 is 10.0 Å². The summed E-state index contributed by atoms with van der Waals surface area (Å²) in [4.78, 5) is 0. The van der Waals surface area contributed by atoms with Gasteiger partial charge in [-0.25, -0.2) is 8.42 Å². The molecule has 0 aliphatic carbocycles. The molecule has 0 fully saturated rings. The number of hydrogen-bond acceptors (Lipinski definition) is 4. The second kappa shape index (κ2) is 4.15. The molecule has 86 valence electrons. The number of fused-ring (bicyclic) bond motifs is 1. The summed E-state index contributed by atoms with van der Waals surface area (Å²) in [5, 5.41) is 0. The zero-order chi connectivity index (χ0) is 11.6. The van der Waals surface area contributed by atoms with Gasteiger partial charge in [-0.3, -0.25) is 4.72 Å². The van der Waals surface area contributed by atoms with Crippen molar-refractivity contribution in [3.63, 3.8) is 0 Å². The number of nitrogens with one attached hydrogen (secondary N) is 1. The molecule has 1 aliphatic rings. The largest absolute Gasteiger partial charge is 0.474 e. The zero-order valence-corrected chi connectivity index (χ0v) is 9.33. The molecule has 1 heterocycles. The normalized spacial score (nSPS) is 17.6. The molecule has 0 amide bonds. The molecule has 1 aliphatic heterocycles. The average Bonchev–Trinajstić information content (AvgIpc) is 2.24. The summed E-state index contributed by atoms with van der Waals surface area (Å²) in [5.41, 5.74) is 6.67. The highest BCUT2D eigenvalue weighted by Gasteiger charge is 2.20. The monoisotopic (exact) mass is 240 g/mol. The van der Waals surface area contributed by atoms with Gasteiger partial charge in [0.25, 0.3) is 10.0 Å². The van der Waals surface area contributed by atoms with Crippen LogP contribution in [0.3, 0.4) is 0 Å². The van der Waals surface area contributed by atoms with Gasteiger partial charge in [0.05, 0.1) is 5.69 Å². The molecule has 0 saturated carbocycles. The van der Waals surface area contributed by atoms with Crippen LogP contribution in [0.2, 0.25) is 0 Å².